The highest BCUT2D eigenvalue weighted by Crippen LogP contribution is 2.12. The second-order valence-electron chi connectivity index (χ2n) is 5.60. The molecule has 22 heavy (non-hydrogen) atoms. The second kappa shape index (κ2) is 9.54. The van der Waals surface area contributed by atoms with E-state index in [0.717, 1.165) is 64.1 Å². The summed E-state index contributed by atoms with van der Waals surface area (Å²) in [7, 11) is 0. The lowest BCUT2D eigenvalue weighted by Crippen LogP contribution is -2.37. The summed E-state index contributed by atoms with van der Waals surface area (Å²) in [5.41, 5.74) is 1.12. The van der Waals surface area contributed by atoms with Crippen molar-refractivity contribution in [2.45, 2.75) is 38.7 Å². The standard InChI is InChI=1S/C17H27N3O2/c1-3-5-7-16(14-20-8-6-10-21-11-9-20)22-17-18-12-15(4-2)13-19-17/h3,12-13,16H,1,4-11,14H2,2H3. The number of hydrogen-bond donors (Lipinski definition) is 0. The van der Waals surface area contributed by atoms with E-state index in [1.165, 1.54) is 0 Å². The summed E-state index contributed by atoms with van der Waals surface area (Å²) in [5, 5.41) is 0. The zero-order valence-corrected chi connectivity index (χ0v) is 13.5. The van der Waals surface area contributed by atoms with Gasteiger partial charge in [-0.2, -0.15) is 0 Å². The molecule has 0 saturated carbocycles. The van der Waals surface area contributed by atoms with Crippen molar-refractivity contribution >= 4 is 0 Å². The first-order valence-corrected chi connectivity index (χ1v) is 8.20. The summed E-state index contributed by atoms with van der Waals surface area (Å²) in [4.78, 5) is 11.0. The van der Waals surface area contributed by atoms with Crippen molar-refractivity contribution in [2.75, 3.05) is 32.8 Å². The van der Waals surface area contributed by atoms with Crippen molar-refractivity contribution in [3.05, 3.63) is 30.6 Å². The largest absolute Gasteiger partial charge is 0.459 e. The van der Waals surface area contributed by atoms with Gasteiger partial charge in [0.1, 0.15) is 6.10 Å². The summed E-state index contributed by atoms with van der Waals surface area (Å²) in [6.45, 7) is 10.5. The minimum atomic E-state index is 0.0866. The molecule has 1 fully saturated rings. The first-order chi connectivity index (χ1) is 10.8. The molecule has 122 valence electrons. The van der Waals surface area contributed by atoms with Crippen molar-refractivity contribution in [1.29, 1.82) is 0 Å². The van der Waals surface area contributed by atoms with Crippen molar-refractivity contribution in [2.24, 2.45) is 0 Å². The van der Waals surface area contributed by atoms with Gasteiger partial charge in [-0.1, -0.05) is 13.0 Å². The van der Waals surface area contributed by atoms with Crippen LogP contribution in [0.15, 0.2) is 25.0 Å². The molecule has 0 amide bonds. The molecule has 0 aliphatic carbocycles. The van der Waals surface area contributed by atoms with Crippen molar-refractivity contribution in [1.82, 2.24) is 14.9 Å². The molecule has 5 heteroatoms. The van der Waals surface area contributed by atoms with Gasteiger partial charge in [0.2, 0.25) is 0 Å². The van der Waals surface area contributed by atoms with Gasteiger partial charge in [0.05, 0.1) is 6.61 Å². The predicted molar refractivity (Wildman–Crippen MR) is 87.1 cm³/mol. The molecule has 1 aromatic heterocycles. The Hall–Kier alpha value is -1.46. The summed E-state index contributed by atoms with van der Waals surface area (Å²) >= 11 is 0. The third kappa shape index (κ3) is 5.73. The Morgan fingerprint density at radius 3 is 2.91 bits per heavy atom. The molecule has 0 aromatic carbocycles. The predicted octanol–water partition coefficient (Wildman–Crippen LogP) is 2.47. The van der Waals surface area contributed by atoms with Gasteiger partial charge in [-0.25, -0.2) is 9.97 Å². The first-order valence-electron chi connectivity index (χ1n) is 8.20. The molecule has 1 unspecified atom stereocenters. The monoisotopic (exact) mass is 305 g/mol. The maximum Gasteiger partial charge on any atom is 0.316 e. The van der Waals surface area contributed by atoms with Crippen molar-refractivity contribution < 1.29 is 9.47 Å². The molecule has 5 nitrogen and oxygen atoms in total. The van der Waals surface area contributed by atoms with E-state index < -0.39 is 0 Å². The molecule has 0 radical (unpaired) electrons. The van der Waals surface area contributed by atoms with E-state index in [9.17, 15) is 0 Å². The zero-order chi connectivity index (χ0) is 15.6. The number of hydrogen-bond acceptors (Lipinski definition) is 5. The summed E-state index contributed by atoms with van der Waals surface area (Å²) in [6.07, 6.45) is 9.58. The number of rotatable bonds is 8. The highest BCUT2D eigenvalue weighted by molar-refractivity contribution is 5.07. The van der Waals surface area contributed by atoms with Crippen LogP contribution >= 0.6 is 0 Å². The van der Waals surface area contributed by atoms with Crippen LogP contribution in [0.1, 0.15) is 31.7 Å². The van der Waals surface area contributed by atoms with E-state index in [2.05, 4.69) is 28.4 Å². The van der Waals surface area contributed by atoms with Gasteiger partial charge in [-0.05, 0) is 31.2 Å². The Morgan fingerprint density at radius 2 is 2.18 bits per heavy atom. The maximum absolute atomic E-state index is 6.01. The van der Waals surface area contributed by atoms with Gasteiger partial charge in [0, 0.05) is 38.6 Å². The Bertz CT molecular complexity index is 428. The Balaban J connectivity index is 1.92. The Morgan fingerprint density at radius 1 is 1.36 bits per heavy atom. The van der Waals surface area contributed by atoms with Crippen LogP contribution in [0, 0.1) is 0 Å². The van der Waals surface area contributed by atoms with Gasteiger partial charge in [0.25, 0.3) is 0 Å². The summed E-state index contributed by atoms with van der Waals surface area (Å²) < 4.78 is 11.5. The second-order valence-corrected chi connectivity index (χ2v) is 5.60. The topological polar surface area (TPSA) is 47.5 Å². The van der Waals surface area contributed by atoms with Crippen LogP contribution in [0.4, 0.5) is 0 Å². The minimum absolute atomic E-state index is 0.0866. The molecule has 2 rings (SSSR count). The molecule has 1 aliphatic heterocycles. The molecule has 1 saturated heterocycles. The van der Waals surface area contributed by atoms with Crippen LogP contribution < -0.4 is 4.74 Å². The van der Waals surface area contributed by atoms with Crippen molar-refractivity contribution in [3.8, 4) is 6.01 Å². The average Bonchev–Trinajstić information content (AvgIpc) is 2.82. The lowest BCUT2D eigenvalue weighted by Gasteiger charge is -2.25. The summed E-state index contributed by atoms with van der Waals surface area (Å²) in [6, 6.07) is 0.470. The van der Waals surface area contributed by atoms with Crippen LogP contribution in [0.5, 0.6) is 6.01 Å². The van der Waals surface area contributed by atoms with E-state index in [0.29, 0.717) is 6.01 Å². The Labute approximate surface area is 133 Å². The average molecular weight is 305 g/mol. The quantitative estimate of drug-likeness (QED) is 0.691. The molecule has 1 aliphatic rings. The molecular formula is C17H27N3O2. The van der Waals surface area contributed by atoms with E-state index in [1.807, 2.05) is 18.5 Å². The van der Waals surface area contributed by atoms with Gasteiger partial charge in [0.15, 0.2) is 0 Å². The number of ether oxygens (including phenoxy) is 2. The number of allylic oxidation sites excluding steroid dienone is 1. The number of aryl methyl sites for hydroxylation is 1. The van der Waals surface area contributed by atoms with Crippen LogP contribution in [-0.2, 0) is 11.2 Å². The molecule has 0 N–H and O–H groups in total. The smallest absolute Gasteiger partial charge is 0.316 e. The fourth-order valence-electron chi connectivity index (χ4n) is 2.49. The molecule has 0 spiro atoms. The lowest BCUT2D eigenvalue weighted by molar-refractivity contribution is 0.106. The van der Waals surface area contributed by atoms with Crippen LogP contribution in [-0.4, -0.2) is 53.8 Å². The van der Waals surface area contributed by atoms with E-state index >= 15 is 0 Å². The molecule has 1 aromatic rings. The molecule has 2 heterocycles. The number of nitrogens with zero attached hydrogens (tertiary/aromatic N) is 3. The van der Waals surface area contributed by atoms with Gasteiger partial charge in [-0.15, -0.1) is 6.58 Å². The van der Waals surface area contributed by atoms with Crippen LogP contribution in [0.2, 0.25) is 0 Å². The zero-order valence-electron chi connectivity index (χ0n) is 13.5. The molecule has 1 atom stereocenters. The minimum Gasteiger partial charge on any atom is -0.459 e. The maximum atomic E-state index is 6.01. The fourth-order valence-corrected chi connectivity index (χ4v) is 2.49. The van der Waals surface area contributed by atoms with Gasteiger partial charge in [-0.3, -0.25) is 4.90 Å². The van der Waals surface area contributed by atoms with Crippen LogP contribution in [0.3, 0.4) is 0 Å². The van der Waals surface area contributed by atoms with Gasteiger partial charge < -0.3 is 9.47 Å². The highest BCUT2D eigenvalue weighted by Gasteiger charge is 2.18. The lowest BCUT2D eigenvalue weighted by atomic mass is 10.2. The van der Waals surface area contributed by atoms with Crippen LogP contribution in [0.25, 0.3) is 0 Å². The van der Waals surface area contributed by atoms with E-state index in [-0.39, 0.29) is 6.10 Å². The van der Waals surface area contributed by atoms with E-state index in [4.69, 9.17) is 9.47 Å². The number of aromatic nitrogens is 2. The Kier molecular flexibility index (Phi) is 7.33. The van der Waals surface area contributed by atoms with Crippen molar-refractivity contribution in [3.63, 3.8) is 0 Å². The van der Waals surface area contributed by atoms with Gasteiger partial charge >= 0.3 is 6.01 Å². The third-order valence-electron chi connectivity index (χ3n) is 3.83. The third-order valence-corrected chi connectivity index (χ3v) is 3.83. The highest BCUT2D eigenvalue weighted by atomic mass is 16.5. The molecule has 0 bridgehead atoms. The fraction of sp³-hybridized carbons (Fsp3) is 0.647. The van der Waals surface area contributed by atoms with E-state index in [1.54, 1.807) is 0 Å². The normalized spacial score (nSPS) is 17.7. The molecular weight excluding hydrogens is 278 g/mol. The SMILES string of the molecule is C=CCCC(CN1CCCOCC1)Oc1ncc(CC)cn1. The summed E-state index contributed by atoms with van der Waals surface area (Å²) in [5.74, 6) is 0. The first kappa shape index (κ1) is 16.9.